The molecule has 1 fully saturated rings. The fourth-order valence-corrected chi connectivity index (χ4v) is 3.05. The zero-order valence-electron chi connectivity index (χ0n) is 13.7. The van der Waals surface area contributed by atoms with Crippen LogP contribution in [0.3, 0.4) is 0 Å². The minimum atomic E-state index is -1.51. The molecule has 7 nitrogen and oxygen atoms in total. The molecule has 1 heterocycles. The number of nitrogens with zero attached hydrogens (tertiary/aromatic N) is 1. The second-order valence-electron chi connectivity index (χ2n) is 5.20. The first-order valence-corrected chi connectivity index (χ1v) is 7.16. The Labute approximate surface area is 135 Å². The Morgan fingerprint density at radius 1 is 1.13 bits per heavy atom. The molecule has 2 rings (SSSR count). The monoisotopic (exact) mass is 323 g/mol. The van der Waals surface area contributed by atoms with Crippen LogP contribution in [-0.2, 0) is 19.0 Å². The lowest BCUT2D eigenvalue weighted by atomic mass is 9.94. The summed E-state index contributed by atoms with van der Waals surface area (Å²) >= 11 is 0. The van der Waals surface area contributed by atoms with E-state index >= 15 is 0 Å². The highest BCUT2D eigenvalue weighted by Crippen LogP contribution is 2.43. The molecule has 2 atom stereocenters. The highest BCUT2D eigenvalue weighted by atomic mass is 16.6. The highest BCUT2D eigenvalue weighted by Gasteiger charge is 2.56. The van der Waals surface area contributed by atoms with E-state index in [4.69, 9.17) is 18.9 Å². The van der Waals surface area contributed by atoms with E-state index in [0.29, 0.717) is 5.75 Å². The molecule has 0 aromatic heterocycles. The van der Waals surface area contributed by atoms with Crippen molar-refractivity contribution in [3.63, 3.8) is 0 Å². The third-order valence-electron chi connectivity index (χ3n) is 4.18. The van der Waals surface area contributed by atoms with Gasteiger partial charge in [-0.3, -0.25) is 4.90 Å². The van der Waals surface area contributed by atoms with Gasteiger partial charge in [-0.25, -0.2) is 9.59 Å². The number of likely N-dealkylation sites (tertiary alicyclic amines) is 1. The van der Waals surface area contributed by atoms with Crippen LogP contribution in [0.15, 0.2) is 24.3 Å². The van der Waals surface area contributed by atoms with Crippen LogP contribution in [0, 0.1) is 0 Å². The van der Waals surface area contributed by atoms with Gasteiger partial charge >= 0.3 is 12.1 Å². The third kappa shape index (κ3) is 2.84. The second kappa shape index (κ2) is 6.87. The number of ether oxygens (including phenoxy) is 4. The molecule has 1 saturated heterocycles. The maximum Gasteiger partial charge on any atom is 0.412 e. The van der Waals surface area contributed by atoms with Gasteiger partial charge in [0, 0.05) is 26.0 Å². The molecule has 1 aliphatic rings. The van der Waals surface area contributed by atoms with Gasteiger partial charge in [0.05, 0.1) is 21.3 Å². The van der Waals surface area contributed by atoms with Crippen molar-refractivity contribution < 1.29 is 28.5 Å². The van der Waals surface area contributed by atoms with E-state index < -0.39 is 17.8 Å². The van der Waals surface area contributed by atoms with Crippen LogP contribution in [0.2, 0.25) is 0 Å². The van der Waals surface area contributed by atoms with Crippen LogP contribution < -0.4 is 4.74 Å². The number of benzene rings is 1. The minimum absolute atomic E-state index is 0.149. The molecule has 0 N–H and O–H groups in total. The standard InChI is InChI=1S/C16H21NO6/c1-20-13-8-6-5-7-12(13)11-9-16(23-4,14(18)21-2)17(10-11)15(19)22-3/h5-8,11H,9-10H2,1-4H3/t11-,16?/m1/s1. The molecular weight excluding hydrogens is 302 g/mol. The Morgan fingerprint density at radius 2 is 1.83 bits per heavy atom. The van der Waals surface area contributed by atoms with Gasteiger partial charge in [-0.15, -0.1) is 0 Å². The third-order valence-corrected chi connectivity index (χ3v) is 4.18. The summed E-state index contributed by atoms with van der Waals surface area (Å²) < 4.78 is 20.4. The Hall–Kier alpha value is -2.28. The van der Waals surface area contributed by atoms with Crippen LogP contribution >= 0.6 is 0 Å². The fraction of sp³-hybridized carbons (Fsp3) is 0.500. The molecule has 126 valence electrons. The Bertz CT molecular complexity index is 590. The van der Waals surface area contributed by atoms with Crippen molar-refractivity contribution in [3.8, 4) is 5.75 Å². The molecule has 23 heavy (non-hydrogen) atoms. The zero-order chi connectivity index (χ0) is 17.0. The molecule has 0 radical (unpaired) electrons. The van der Waals surface area contributed by atoms with Crippen molar-refractivity contribution in [2.45, 2.75) is 18.1 Å². The van der Waals surface area contributed by atoms with E-state index in [-0.39, 0.29) is 18.9 Å². The van der Waals surface area contributed by atoms with E-state index in [1.54, 1.807) is 7.11 Å². The first-order valence-electron chi connectivity index (χ1n) is 7.16. The Balaban J connectivity index is 2.44. The lowest BCUT2D eigenvalue weighted by Gasteiger charge is -2.32. The van der Waals surface area contributed by atoms with Gasteiger partial charge in [-0.05, 0) is 11.6 Å². The molecule has 7 heteroatoms. The molecule has 1 aromatic carbocycles. The predicted molar refractivity (Wildman–Crippen MR) is 81.2 cm³/mol. The smallest absolute Gasteiger partial charge is 0.412 e. The summed E-state index contributed by atoms with van der Waals surface area (Å²) in [7, 11) is 5.47. The van der Waals surface area contributed by atoms with Crippen LogP contribution in [-0.4, -0.2) is 57.7 Å². The molecule has 1 aromatic rings. The maximum atomic E-state index is 12.3. The number of para-hydroxylation sites is 1. The number of esters is 1. The van der Waals surface area contributed by atoms with Crippen LogP contribution in [0.1, 0.15) is 17.9 Å². The van der Waals surface area contributed by atoms with Gasteiger partial charge in [-0.2, -0.15) is 0 Å². The summed E-state index contributed by atoms with van der Waals surface area (Å²) in [5.41, 5.74) is -0.611. The van der Waals surface area contributed by atoms with Gasteiger partial charge in [0.2, 0.25) is 5.72 Å². The number of hydrogen-bond donors (Lipinski definition) is 0. The van der Waals surface area contributed by atoms with Gasteiger partial charge in [0.15, 0.2) is 0 Å². The average molecular weight is 323 g/mol. The lowest BCUT2D eigenvalue weighted by Crippen LogP contribution is -2.55. The fourth-order valence-electron chi connectivity index (χ4n) is 3.05. The molecule has 1 unspecified atom stereocenters. The number of hydrogen-bond acceptors (Lipinski definition) is 6. The van der Waals surface area contributed by atoms with Crippen molar-refractivity contribution in [2.24, 2.45) is 0 Å². The zero-order valence-corrected chi connectivity index (χ0v) is 13.7. The maximum absolute atomic E-state index is 12.3. The topological polar surface area (TPSA) is 74.3 Å². The normalized spacial score (nSPS) is 23.5. The first-order chi connectivity index (χ1) is 11.0. The van der Waals surface area contributed by atoms with Gasteiger partial charge in [0.1, 0.15) is 5.75 Å². The number of carbonyl (C=O) groups is 2. The van der Waals surface area contributed by atoms with Crippen molar-refractivity contribution in [3.05, 3.63) is 29.8 Å². The van der Waals surface area contributed by atoms with E-state index in [1.165, 1.54) is 26.2 Å². The summed E-state index contributed by atoms with van der Waals surface area (Å²) in [6, 6.07) is 7.48. The quantitative estimate of drug-likeness (QED) is 0.786. The summed E-state index contributed by atoms with van der Waals surface area (Å²) in [5.74, 6) is -0.0915. The molecular formula is C16H21NO6. The molecule has 0 spiro atoms. The van der Waals surface area contributed by atoms with Crippen molar-refractivity contribution in [1.82, 2.24) is 4.90 Å². The van der Waals surface area contributed by atoms with E-state index in [1.807, 2.05) is 24.3 Å². The molecule has 1 aliphatic heterocycles. The molecule has 0 aliphatic carbocycles. The Kier molecular flexibility index (Phi) is 5.10. The van der Waals surface area contributed by atoms with E-state index in [0.717, 1.165) is 5.56 Å². The van der Waals surface area contributed by atoms with Crippen molar-refractivity contribution >= 4 is 12.1 Å². The first kappa shape index (κ1) is 17.1. The van der Waals surface area contributed by atoms with Crippen LogP contribution in [0.5, 0.6) is 5.75 Å². The van der Waals surface area contributed by atoms with Crippen LogP contribution in [0.4, 0.5) is 4.79 Å². The van der Waals surface area contributed by atoms with Gasteiger partial charge < -0.3 is 18.9 Å². The molecule has 1 amide bonds. The summed E-state index contributed by atoms with van der Waals surface area (Å²) in [6.07, 6.45) is -0.388. The number of methoxy groups -OCH3 is 4. The largest absolute Gasteiger partial charge is 0.496 e. The number of amides is 1. The van der Waals surface area contributed by atoms with E-state index in [2.05, 4.69) is 0 Å². The number of carbonyl (C=O) groups excluding carboxylic acids is 2. The van der Waals surface area contributed by atoms with Crippen molar-refractivity contribution in [2.75, 3.05) is 35.0 Å². The molecule has 0 bridgehead atoms. The Morgan fingerprint density at radius 3 is 2.39 bits per heavy atom. The van der Waals surface area contributed by atoms with Gasteiger partial charge in [0.25, 0.3) is 0 Å². The second-order valence-corrected chi connectivity index (χ2v) is 5.20. The number of rotatable bonds is 4. The summed E-state index contributed by atoms with van der Waals surface area (Å²) in [4.78, 5) is 25.7. The average Bonchev–Trinajstić information content (AvgIpc) is 3.01. The summed E-state index contributed by atoms with van der Waals surface area (Å²) in [5, 5.41) is 0. The SMILES string of the molecule is COC(=O)N1C[C@H](c2ccccc2OC)CC1(OC)C(=O)OC. The van der Waals surface area contributed by atoms with E-state index in [9.17, 15) is 9.59 Å². The van der Waals surface area contributed by atoms with Crippen molar-refractivity contribution in [1.29, 1.82) is 0 Å². The predicted octanol–water partition coefficient (Wildman–Crippen LogP) is 1.77. The highest BCUT2D eigenvalue weighted by molar-refractivity contribution is 5.85. The minimum Gasteiger partial charge on any atom is -0.496 e. The van der Waals surface area contributed by atoms with Crippen LogP contribution in [0.25, 0.3) is 0 Å². The van der Waals surface area contributed by atoms with Gasteiger partial charge in [-0.1, -0.05) is 18.2 Å². The summed E-state index contributed by atoms with van der Waals surface area (Å²) in [6.45, 7) is 0.260. The molecule has 0 saturated carbocycles. The lowest BCUT2D eigenvalue weighted by molar-refractivity contribution is -0.183.